The van der Waals surface area contributed by atoms with Crippen LogP contribution in [0.15, 0.2) is 30.3 Å². The van der Waals surface area contributed by atoms with Crippen molar-refractivity contribution in [2.45, 2.75) is 20.0 Å². The Morgan fingerprint density at radius 3 is 2.36 bits per heavy atom. The Balaban J connectivity index is 2.18. The molecule has 2 atom stereocenters. The molecule has 0 aliphatic carbocycles. The lowest BCUT2D eigenvalue weighted by Crippen LogP contribution is -2.41. The predicted molar refractivity (Wildman–Crippen MR) is 53.6 cm³/mol. The van der Waals surface area contributed by atoms with Crippen molar-refractivity contribution in [1.29, 1.82) is 0 Å². The summed E-state index contributed by atoms with van der Waals surface area (Å²) < 4.78 is 5.16. The van der Waals surface area contributed by atoms with Gasteiger partial charge in [-0.25, -0.2) is 0 Å². The third-order valence-electron chi connectivity index (χ3n) is 2.69. The van der Waals surface area contributed by atoms with E-state index in [1.165, 1.54) is 0 Å². The van der Waals surface area contributed by atoms with Crippen LogP contribution in [-0.2, 0) is 9.53 Å². The second-order valence-corrected chi connectivity index (χ2v) is 4.04. The minimum Gasteiger partial charge on any atom is -0.456 e. The second kappa shape index (κ2) is 3.45. The highest BCUT2D eigenvalue weighted by atomic mass is 16.6. The van der Waals surface area contributed by atoms with Gasteiger partial charge in [0.1, 0.15) is 12.0 Å². The molecule has 1 saturated heterocycles. The van der Waals surface area contributed by atoms with Crippen molar-refractivity contribution >= 4 is 5.97 Å². The van der Waals surface area contributed by atoms with Crippen molar-refractivity contribution in [3.8, 4) is 0 Å². The van der Waals surface area contributed by atoms with Gasteiger partial charge in [0.25, 0.3) is 0 Å². The summed E-state index contributed by atoms with van der Waals surface area (Å²) in [5.74, 6) is 0.327. The van der Waals surface area contributed by atoms with E-state index in [0.29, 0.717) is 5.92 Å². The first kappa shape index (κ1) is 9.25. The number of benzene rings is 1. The Morgan fingerprint density at radius 2 is 1.86 bits per heavy atom. The van der Waals surface area contributed by atoms with E-state index in [2.05, 4.69) is 13.8 Å². The van der Waals surface area contributed by atoms with Gasteiger partial charge in [0.2, 0.25) is 0 Å². The van der Waals surface area contributed by atoms with Crippen LogP contribution in [0.5, 0.6) is 0 Å². The lowest BCUT2D eigenvalue weighted by molar-refractivity contribution is -0.190. The molecule has 0 amide bonds. The van der Waals surface area contributed by atoms with Gasteiger partial charge in [-0.05, 0) is 11.5 Å². The topological polar surface area (TPSA) is 26.3 Å². The van der Waals surface area contributed by atoms with Crippen molar-refractivity contribution in [2.24, 2.45) is 11.8 Å². The zero-order valence-corrected chi connectivity index (χ0v) is 8.44. The zero-order valence-electron chi connectivity index (χ0n) is 8.44. The third kappa shape index (κ3) is 1.41. The lowest BCUT2D eigenvalue weighted by atomic mass is 9.82. The summed E-state index contributed by atoms with van der Waals surface area (Å²) >= 11 is 0. The van der Waals surface area contributed by atoms with Crippen LogP contribution in [0.25, 0.3) is 0 Å². The van der Waals surface area contributed by atoms with Gasteiger partial charge in [-0.2, -0.15) is 0 Å². The number of carbonyl (C=O) groups is 1. The number of cyclic esters (lactones) is 1. The molecule has 0 unspecified atom stereocenters. The van der Waals surface area contributed by atoms with Crippen molar-refractivity contribution in [1.82, 2.24) is 0 Å². The molecule has 0 spiro atoms. The van der Waals surface area contributed by atoms with Crippen LogP contribution in [0.2, 0.25) is 0 Å². The summed E-state index contributed by atoms with van der Waals surface area (Å²) in [5, 5.41) is 0. The number of hydrogen-bond acceptors (Lipinski definition) is 2. The minimum atomic E-state index is -0.0612. The van der Waals surface area contributed by atoms with Crippen LogP contribution in [0.1, 0.15) is 25.5 Å². The fourth-order valence-corrected chi connectivity index (χ4v) is 1.87. The minimum absolute atomic E-state index is 0.0244. The molecule has 1 aromatic rings. The molecule has 1 heterocycles. The Kier molecular flexibility index (Phi) is 2.28. The first-order valence-corrected chi connectivity index (χ1v) is 4.95. The number of carbonyl (C=O) groups excluding carboxylic acids is 1. The highest BCUT2D eigenvalue weighted by molar-refractivity contribution is 5.79. The fraction of sp³-hybridized carbons (Fsp3) is 0.417. The summed E-state index contributed by atoms with van der Waals surface area (Å²) in [4.78, 5) is 11.2. The van der Waals surface area contributed by atoms with Gasteiger partial charge in [0.15, 0.2) is 0 Å². The van der Waals surface area contributed by atoms with Gasteiger partial charge in [-0.1, -0.05) is 44.2 Å². The smallest absolute Gasteiger partial charge is 0.313 e. The number of esters is 1. The van der Waals surface area contributed by atoms with Crippen LogP contribution in [0, 0.1) is 11.8 Å². The van der Waals surface area contributed by atoms with Crippen LogP contribution in [0.4, 0.5) is 0 Å². The molecular weight excluding hydrogens is 176 g/mol. The maximum Gasteiger partial charge on any atom is 0.313 e. The van der Waals surface area contributed by atoms with E-state index >= 15 is 0 Å². The average Bonchev–Trinajstić information content (AvgIpc) is 2.14. The SMILES string of the molecule is CC(C)[C@@H]1C(=O)O[C@H]1c1ccccc1. The van der Waals surface area contributed by atoms with Crippen molar-refractivity contribution in [3.63, 3.8) is 0 Å². The molecule has 0 N–H and O–H groups in total. The van der Waals surface area contributed by atoms with Gasteiger partial charge in [-0.15, -0.1) is 0 Å². The molecule has 2 nitrogen and oxygen atoms in total. The number of ether oxygens (including phenoxy) is 1. The molecule has 0 aromatic heterocycles. The highest BCUT2D eigenvalue weighted by Crippen LogP contribution is 2.40. The van der Waals surface area contributed by atoms with E-state index in [9.17, 15) is 4.79 Å². The molecule has 2 heteroatoms. The van der Waals surface area contributed by atoms with Gasteiger partial charge in [0.05, 0.1) is 0 Å². The first-order chi connectivity index (χ1) is 6.70. The second-order valence-electron chi connectivity index (χ2n) is 4.04. The van der Waals surface area contributed by atoms with E-state index in [0.717, 1.165) is 5.56 Å². The summed E-state index contributed by atoms with van der Waals surface area (Å²) in [6.07, 6.45) is -0.0244. The molecule has 0 bridgehead atoms. The van der Waals surface area contributed by atoms with Gasteiger partial charge < -0.3 is 4.74 Å². The molecule has 1 aromatic carbocycles. The van der Waals surface area contributed by atoms with E-state index in [1.807, 2.05) is 30.3 Å². The van der Waals surface area contributed by atoms with E-state index < -0.39 is 0 Å². The van der Waals surface area contributed by atoms with Crippen LogP contribution in [-0.4, -0.2) is 5.97 Å². The van der Waals surface area contributed by atoms with Crippen LogP contribution in [0.3, 0.4) is 0 Å². The van der Waals surface area contributed by atoms with Crippen LogP contribution >= 0.6 is 0 Å². The van der Waals surface area contributed by atoms with E-state index in [4.69, 9.17) is 4.74 Å². The van der Waals surface area contributed by atoms with Gasteiger partial charge in [-0.3, -0.25) is 4.79 Å². The largest absolute Gasteiger partial charge is 0.456 e. The standard InChI is InChI=1S/C12H14O2/c1-8(2)10-11(14-12(10)13)9-6-4-3-5-7-9/h3-8,10-11H,1-2H3/t10-,11-/m0/s1. The molecule has 0 saturated carbocycles. The predicted octanol–water partition coefficient (Wildman–Crippen LogP) is 2.56. The normalized spacial score (nSPS) is 25.8. The average molecular weight is 190 g/mol. The molecule has 2 rings (SSSR count). The molecule has 1 aliphatic heterocycles. The number of hydrogen-bond donors (Lipinski definition) is 0. The summed E-state index contributed by atoms with van der Waals surface area (Å²) in [7, 11) is 0. The molecule has 14 heavy (non-hydrogen) atoms. The van der Waals surface area contributed by atoms with E-state index in [-0.39, 0.29) is 18.0 Å². The summed E-state index contributed by atoms with van der Waals surface area (Å²) in [5.41, 5.74) is 1.10. The molecule has 0 radical (unpaired) electrons. The van der Waals surface area contributed by atoms with Gasteiger partial charge >= 0.3 is 5.97 Å². The Bertz CT molecular complexity index is 329. The Labute approximate surface area is 83.9 Å². The highest BCUT2D eigenvalue weighted by Gasteiger charge is 2.44. The molecular formula is C12H14O2. The van der Waals surface area contributed by atoms with Crippen molar-refractivity contribution in [2.75, 3.05) is 0 Å². The summed E-state index contributed by atoms with van der Waals surface area (Å²) in [6, 6.07) is 9.92. The first-order valence-electron chi connectivity index (χ1n) is 4.95. The zero-order chi connectivity index (χ0) is 10.1. The van der Waals surface area contributed by atoms with Crippen molar-refractivity contribution in [3.05, 3.63) is 35.9 Å². The maximum atomic E-state index is 11.2. The Hall–Kier alpha value is -1.31. The van der Waals surface area contributed by atoms with Crippen LogP contribution < -0.4 is 0 Å². The van der Waals surface area contributed by atoms with E-state index in [1.54, 1.807) is 0 Å². The molecule has 1 fully saturated rings. The molecule has 74 valence electrons. The maximum absolute atomic E-state index is 11.2. The number of rotatable bonds is 2. The van der Waals surface area contributed by atoms with Crippen molar-refractivity contribution < 1.29 is 9.53 Å². The lowest BCUT2D eigenvalue weighted by Gasteiger charge is -2.37. The quantitative estimate of drug-likeness (QED) is 0.670. The Morgan fingerprint density at radius 1 is 1.21 bits per heavy atom. The molecule has 1 aliphatic rings. The third-order valence-corrected chi connectivity index (χ3v) is 2.69. The monoisotopic (exact) mass is 190 g/mol. The van der Waals surface area contributed by atoms with Gasteiger partial charge in [0, 0.05) is 0 Å². The fourth-order valence-electron chi connectivity index (χ4n) is 1.87. The summed E-state index contributed by atoms with van der Waals surface area (Å²) in [6.45, 7) is 4.11.